The van der Waals surface area contributed by atoms with E-state index < -0.39 is 0 Å². The molecule has 0 aliphatic carbocycles. The molecule has 0 bridgehead atoms. The van der Waals surface area contributed by atoms with Crippen LogP contribution in [0.2, 0.25) is 0 Å². The highest BCUT2D eigenvalue weighted by Gasteiger charge is 1.93. The quantitative estimate of drug-likeness (QED) is 0.745. The van der Waals surface area contributed by atoms with Crippen molar-refractivity contribution >= 4 is 6.08 Å². The Morgan fingerprint density at radius 2 is 2.00 bits per heavy atom. The van der Waals surface area contributed by atoms with Gasteiger partial charge in [0.1, 0.15) is 5.75 Å². The minimum atomic E-state index is 0.0977. The molecule has 0 aliphatic heterocycles. The molecule has 0 radical (unpaired) electrons. The van der Waals surface area contributed by atoms with Crippen molar-refractivity contribution in [3.05, 3.63) is 35.9 Å². The first-order valence-electron chi connectivity index (χ1n) is 5.89. The maximum absolute atomic E-state index is 5.64. The second-order valence-electron chi connectivity index (χ2n) is 3.99. The molecular formula is C14H21NO. The van der Waals surface area contributed by atoms with Gasteiger partial charge < -0.3 is 10.5 Å². The monoisotopic (exact) mass is 219 g/mol. The normalized spacial score (nSPS) is 12.9. The first-order chi connectivity index (χ1) is 7.72. The molecule has 0 spiro atoms. The van der Waals surface area contributed by atoms with E-state index in [0.717, 1.165) is 30.8 Å². The number of rotatable bonds is 6. The van der Waals surface area contributed by atoms with Gasteiger partial charge in [0.2, 0.25) is 0 Å². The first kappa shape index (κ1) is 12.8. The van der Waals surface area contributed by atoms with E-state index in [0.29, 0.717) is 0 Å². The van der Waals surface area contributed by atoms with E-state index in [1.54, 1.807) is 0 Å². The second kappa shape index (κ2) is 7.07. The van der Waals surface area contributed by atoms with E-state index in [1.165, 1.54) is 0 Å². The van der Waals surface area contributed by atoms with Crippen molar-refractivity contribution in [2.75, 3.05) is 6.61 Å². The van der Waals surface area contributed by atoms with Crippen molar-refractivity contribution in [3.63, 3.8) is 0 Å². The molecule has 2 nitrogen and oxygen atoms in total. The van der Waals surface area contributed by atoms with Crippen LogP contribution in [0.4, 0.5) is 0 Å². The first-order valence-corrected chi connectivity index (χ1v) is 5.89. The zero-order chi connectivity index (χ0) is 11.8. The molecule has 88 valence electrons. The molecular weight excluding hydrogens is 198 g/mol. The van der Waals surface area contributed by atoms with Crippen LogP contribution in [0.1, 0.15) is 32.3 Å². The molecule has 0 aliphatic rings. The van der Waals surface area contributed by atoms with Gasteiger partial charge in [0.25, 0.3) is 0 Å². The molecule has 1 atom stereocenters. The second-order valence-corrected chi connectivity index (χ2v) is 3.99. The molecule has 16 heavy (non-hydrogen) atoms. The summed E-state index contributed by atoms with van der Waals surface area (Å²) >= 11 is 0. The maximum Gasteiger partial charge on any atom is 0.119 e. The van der Waals surface area contributed by atoms with Gasteiger partial charge in [-0.15, -0.1) is 0 Å². The van der Waals surface area contributed by atoms with E-state index >= 15 is 0 Å². The fraction of sp³-hybridized carbons (Fsp3) is 0.429. The lowest BCUT2D eigenvalue weighted by atomic mass is 10.2. The Morgan fingerprint density at radius 1 is 1.31 bits per heavy atom. The standard InChI is InChI=1S/C14H21NO/c1-3-4-11-16-14-9-7-13(8-10-14)6-5-12(2)15/h5-10,12H,3-4,11,15H2,1-2H3/b6-5+. The van der Waals surface area contributed by atoms with Gasteiger partial charge in [-0.3, -0.25) is 0 Å². The van der Waals surface area contributed by atoms with E-state index in [2.05, 4.69) is 6.92 Å². The largest absolute Gasteiger partial charge is 0.494 e. The molecule has 2 heteroatoms. The summed E-state index contributed by atoms with van der Waals surface area (Å²) in [6.07, 6.45) is 6.27. The average Bonchev–Trinajstić information content (AvgIpc) is 2.28. The van der Waals surface area contributed by atoms with Crippen LogP contribution in [0.3, 0.4) is 0 Å². The molecule has 0 fully saturated rings. The average molecular weight is 219 g/mol. The van der Waals surface area contributed by atoms with Crippen LogP contribution in [-0.2, 0) is 0 Å². The van der Waals surface area contributed by atoms with Crippen LogP contribution in [0.15, 0.2) is 30.3 Å². The molecule has 1 aromatic rings. The number of hydrogen-bond donors (Lipinski definition) is 1. The molecule has 1 unspecified atom stereocenters. The third kappa shape index (κ3) is 4.99. The van der Waals surface area contributed by atoms with Crippen molar-refractivity contribution in [2.24, 2.45) is 5.73 Å². The van der Waals surface area contributed by atoms with Gasteiger partial charge in [0.15, 0.2) is 0 Å². The molecule has 2 N–H and O–H groups in total. The van der Waals surface area contributed by atoms with E-state index in [-0.39, 0.29) is 6.04 Å². The lowest BCUT2D eigenvalue weighted by molar-refractivity contribution is 0.309. The minimum absolute atomic E-state index is 0.0977. The van der Waals surface area contributed by atoms with E-state index in [9.17, 15) is 0 Å². The van der Waals surface area contributed by atoms with Gasteiger partial charge in [0, 0.05) is 6.04 Å². The third-order valence-electron chi connectivity index (χ3n) is 2.24. The SMILES string of the molecule is CCCCOc1ccc(/C=C/C(C)N)cc1. The van der Waals surface area contributed by atoms with E-state index in [1.807, 2.05) is 43.3 Å². The zero-order valence-corrected chi connectivity index (χ0v) is 10.1. The third-order valence-corrected chi connectivity index (χ3v) is 2.24. The molecule has 0 saturated carbocycles. The maximum atomic E-state index is 5.64. The lowest BCUT2D eigenvalue weighted by Crippen LogP contribution is -2.09. The molecule has 0 heterocycles. The fourth-order valence-electron chi connectivity index (χ4n) is 1.27. The summed E-state index contributed by atoms with van der Waals surface area (Å²) < 4.78 is 5.58. The Hall–Kier alpha value is -1.28. The van der Waals surface area contributed by atoms with Crippen LogP contribution in [0, 0.1) is 0 Å². The van der Waals surface area contributed by atoms with Gasteiger partial charge in [-0.1, -0.05) is 37.6 Å². The van der Waals surface area contributed by atoms with Crippen LogP contribution in [-0.4, -0.2) is 12.6 Å². The van der Waals surface area contributed by atoms with Gasteiger partial charge in [0.05, 0.1) is 6.61 Å². The summed E-state index contributed by atoms with van der Waals surface area (Å²) in [5, 5.41) is 0. The van der Waals surface area contributed by atoms with Gasteiger partial charge in [-0.25, -0.2) is 0 Å². The number of nitrogens with two attached hydrogens (primary N) is 1. The fourth-order valence-corrected chi connectivity index (χ4v) is 1.27. The summed E-state index contributed by atoms with van der Waals surface area (Å²) in [5.74, 6) is 0.936. The number of benzene rings is 1. The highest BCUT2D eigenvalue weighted by molar-refractivity contribution is 5.51. The minimum Gasteiger partial charge on any atom is -0.494 e. The predicted molar refractivity (Wildman–Crippen MR) is 69.5 cm³/mol. The van der Waals surface area contributed by atoms with Crippen molar-refractivity contribution in [1.29, 1.82) is 0 Å². The summed E-state index contributed by atoms with van der Waals surface area (Å²) in [7, 11) is 0. The van der Waals surface area contributed by atoms with Crippen LogP contribution in [0.5, 0.6) is 5.75 Å². The van der Waals surface area contributed by atoms with E-state index in [4.69, 9.17) is 10.5 Å². The van der Waals surface area contributed by atoms with Crippen molar-refractivity contribution in [3.8, 4) is 5.75 Å². The van der Waals surface area contributed by atoms with Crippen molar-refractivity contribution < 1.29 is 4.74 Å². The summed E-state index contributed by atoms with van der Waals surface area (Å²) in [6, 6.07) is 8.17. The Morgan fingerprint density at radius 3 is 2.56 bits per heavy atom. The Labute approximate surface area is 98.1 Å². The Kier molecular flexibility index (Phi) is 5.65. The molecule has 1 aromatic carbocycles. The number of unbranched alkanes of at least 4 members (excludes halogenated alkanes) is 1. The van der Waals surface area contributed by atoms with Crippen molar-refractivity contribution in [2.45, 2.75) is 32.7 Å². The molecule has 0 aromatic heterocycles. The molecule has 0 amide bonds. The predicted octanol–water partition coefficient (Wildman–Crippen LogP) is 3.23. The summed E-state index contributed by atoms with van der Waals surface area (Å²) in [6.45, 7) is 4.91. The Balaban J connectivity index is 2.47. The van der Waals surface area contributed by atoms with Gasteiger partial charge in [-0.05, 0) is 31.0 Å². The van der Waals surface area contributed by atoms with Gasteiger partial charge >= 0.3 is 0 Å². The molecule has 0 saturated heterocycles. The highest BCUT2D eigenvalue weighted by Crippen LogP contribution is 2.13. The smallest absolute Gasteiger partial charge is 0.119 e. The number of hydrogen-bond acceptors (Lipinski definition) is 2. The summed E-state index contributed by atoms with van der Waals surface area (Å²) in [5.41, 5.74) is 6.79. The van der Waals surface area contributed by atoms with Crippen LogP contribution in [0.25, 0.3) is 6.08 Å². The Bertz CT molecular complexity index is 314. The molecule has 1 rings (SSSR count). The number of ether oxygens (including phenoxy) is 1. The van der Waals surface area contributed by atoms with Crippen LogP contribution < -0.4 is 10.5 Å². The zero-order valence-electron chi connectivity index (χ0n) is 10.1. The van der Waals surface area contributed by atoms with Crippen molar-refractivity contribution in [1.82, 2.24) is 0 Å². The van der Waals surface area contributed by atoms with Crippen LogP contribution >= 0.6 is 0 Å². The highest BCUT2D eigenvalue weighted by atomic mass is 16.5. The van der Waals surface area contributed by atoms with Gasteiger partial charge in [-0.2, -0.15) is 0 Å². The summed E-state index contributed by atoms with van der Waals surface area (Å²) in [4.78, 5) is 0. The lowest BCUT2D eigenvalue weighted by Gasteiger charge is -2.05. The topological polar surface area (TPSA) is 35.2 Å².